The molecule has 0 amide bonds. The Hall–Kier alpha value is -0.800. The highest BCUT2D eigenvalue weighted by atomic mass is 16.4. The van der Waals surface area contributed by atoms with E-state index in [2.05, 4.69) is 5.73 Å². The topological polar surface area (TPSA) is 61.0 Å². The number of hydrogen-bond acceptors (Lipinski definition) is 2. The van der Waals surface area contributed by atoms with Crippen LogP contribution in [-0.2, 0) is 0 Å². The fraction of sp³-hybridized carbons (Fsp3) is 0.333. The number of aliphatic hydroxyl groups is 1. The van der Waals surface area contributed by atoms with Crippen molar-refractivity contribution in [2.24, 2.45) is 0 Å². The summed E-state index contributed by atoms with van der Waals surface area (Å²) in [6.45, 7) is 0.452. The molecule has 0 saturated carbocycles. The van der Waals surface area contributed by atoms with Gasteiger partial charge < -0.3 is 15.3 Å². The Bertz CT molecular complexity index is 160. The molecule has 4 N–H and O–H groups in total. The molecular formula is C6H10NO2+. The molecule has 0 aliphatic heterocycles. The van der Waals surface area contributed by atoms with Gasteiger partial charge in [-0.1, -0.05) is 0 Å². The van der Waals surface area contributed by atoms with E-state index in [-0.39, 0.29) is 0 Å². The molecule has 0 spiro atoms. The summed E-state index contributed by atoms with van der Waals surface area (Å²) in [5.74, 6) is 0.588. The van der Waals surface area contributed by atoms with Gasteiger partial charge >= 0.3 is 0 Å². The first kappa shape index (κ1) is 6.32. The van der Waals surface area contributed by atoms with Crippen LogP contribution in [0, 0.1) is 0 Å². The predicted molar refractivity (Wildman–Crippen MR) is 31.4 cm³/mol. The quantitative estimate of drug-likeness (QED) is 0.567. The molecule has 0 bridgehead atoms. The molecule has 50 valence electrons. The van der Waals surface area contributed by atoms with Gasteiger partial charge in [0.25, 0.3) is 0 Å². The minimum atomic E-state index is -0.542. The van der Waals surface area contributed by atoms with E-state index in [0.29, 0.717) is 12.3 Å². The van der Waals surface area contributed by atoms with E-state index in [1.54, 1.807) is 12.1 Å². The van der Waals surface area contributed by atoms with Gasteiger partial charge in [-0.2, -0.15) is 0 Å². The molecule has 1 aromatic heterocycles. The van der Waals surface area contributed by atoms with E-state index in [9.17, 15) is 0 Å². The zero-order valence-corrected chi connectivity index (χ0v) is 5.08. The molecule has 0 radical (unpaired) electrons. The summed E-state index contributed by atoms with van der Waals surface area (Å²) >= 11 is 0. The number of hydrogen-bond donors (Lipinski definition) is 2. The number of rotatable bonds is 2. The highest BCUT2D eigenvalue weighted by Crippen LogP contribution is 2.09. The first-order valence-corrected chi connectivity index (χ1v) is 2.85. The Balaban J connectivity index is 2.65. The third kappa shape index (κ3) is 1.31. The van der Waals surface area contributed by atoms with Crippen molar-refractivity contribution in [3.05, 3.63) is 24.2 Å². The Morgan fingerprint density at radius 1 is 1.78 bits per heavy atom. The van der Waals surface area contributed by atoms with Crippen LogP contribution in [-0.4, -0.2) is 11.7 Å². The molecule has 0 aliphatic rings. The van der Waals surface area contributed by atoms with Gasteiger partial charge in [0.2, 0.25) is 0 Å². The van der Waals surface area contributed by atoms with Gasteiger partial charge in [-0.25, -0.2) is 0 Å². The minimum absolute atomic E-state index is 0.452. The van der Waals surface area contributed by atoms with Crippen LogP contribution in [0.1, 0.15) is 11.9 Å². The van der Waals surface area contributed by atoms with Crippen molar-refractivity contribution in [2.75, 3.05) is 6.54 Å². The molecule has 3 heteroatoms. The monoisotopic (exact) mass is 128 g/mol. The van der Waals surface area contributed by atoms with E-state index >= 15 is 0 Å². The molecule has 0 aliphatic carbocycles. The number of quaternary nitrogens is 1. The van der Waals surface area contributed by atoms with E-state index in [4.69, 9.17) is 9.52 Å². The molecule has 1 rings (SSSR count). The summed E-state index contributed by atoms with van der Waals surface area (Å²) in [5, 5.41) is 9.06. The molecule has 1 atom stereocenters. The van der Waals surface area contributed by atoms with Crippen molar-refractivity contribution in [3.8, 4) is 0 Å². The molecule has 1 aromatic rings. The Kier molecular flexibility index (Phi) is 1.87. The summed E-state index contributed by atoms with van der Waals surface area (Å²) in [6, 6.07) is 3.48. The lowest BCUT2D eigenvalue weighted by Gasteiger charge is -1.98. The molecular weight excluding hydrogens is 118 g/mol. The van der Waals surface area contributed by atoms with Gasteiger partial charge in [0.15, 0.2) is 6.10 Å². The first-order chi connectivity index (χ1) is 4.34. The van der Waals surface area contributed by atoms with Gasteiger partial charge in [0, 0.05) is 0 Å². The lowest BCUT2D eigenvalue weighted by molar-refractivity contribution is -0.386. The van der Waals surface area contributed by atoms with Crippen molar-refractivity contribution >= 4 is 0 Å². The fourth-order valence-corrected chi connectivity index (χ4v) is 0.623. The molecule has 0 unspecified atom stereocenters. The summed E-state index contributed by atoms with van der Waals surface area (Å²) in [7, 11) is 0. The van der Waals surface area contributed by atoms with Gasteiger partial charge in [-0.3, -0.25) is 0 Å². The molecule has 1 heterocycles. The maximum Gasteiger partial charge on any atom is 0.160 e. The van der Waals surface area contributed by atoms with Crippen LogP contribution >= 0.6 is 0 Å². The zero-order valence-electron chi connectivity index (χ0n) is 5.08. The zero-order chi connectivity index (χ0) is 6.69. The first-order valence-electron chi connectivity index (χ1n) is 2.85. The fourth-order valence-electron chi connectivity index (χ4n) is 0.623. The summed E-state index contributed by atoms with van der Waals surface area (Å²) in [4.78, 5) is 0. The molecule has 3 nitrogen and oxygen atoms in total. The van der Waals surface area contributed by atoms with Crippen LogP contribution in [0.4, 0.5) is 0 Å². The third-order valence-corrected chi connectivity index (χ3v) is 1.15. The Morgan fingerprint density at radius 3 is 3.00 bits per heavy atom. The van der Waals surface area contributed by atoms with Crippen molar-refractivity contribution in [2.45, 2.75) is 6.10 Å². The van der Waals surface area contributed by atoms with Gasteiger partial charge in [0.1, 0.15) is 12.3 Å². The SMILES string of the molecule is [NH3+]C[C@H](O)c1ccco1. The van der Waals surface area contributed by atoms with Crippen molar-refractivity contribution in [1.82, 2.24) is 0 Å². The van der Waals surface area contributed by atoms with E-state index in [0.717, 1.165) is 0 Å². The lowest BCUT2D eigenvalue weighted by atomic mass is 10.3. The molecule has 9 heavy (non-hydrogen) atoms. The van der Waals surface area contributed by atoms with Crippen LogP contribution in [0.25, 0.3) is 0 Å². The largest absolute Gasteiger partial charge is 0.466 e. The van der Waals surface area contributed by atoms with Gasteiger partial charge in [-0.15, -0.1) is 0 Å². The second kappa shape index (κ2) is 2.66. The lowest BCUT2D eigenvalue weighted by Crippen LogP contribution is -2.52. The second-order valence-corrected chi connectivity index (χ2v) is 1.82. The highest BCUT2D eigenvalue weighted by molar-refractivity contribution is 5.01. The average Bonchev–Trinajstić information content (AvgIpc) is 2.37. The van der Waals surface area contributed by atoms with E-state index in [1.807, 2.05) is 0 Å². The second-order valence-electron chi connectivity index (χ2n) is 1.82. The van der Waals surface area contributed by atoms with Gasteiger partial charge in [0.05, 0.1) is 6.26 Å². The summed E-state index contributed by atoms with van der Waals surface area (Å²) in [6.07, 6.45) is 0.994. The third-order valence-electron chi connectivity index (χ3n) is 1.15. The molecule has 0 aromatic carbocycles. The molecule has 0 fully saturated rings. The van der Waals surface area contributed by atoms with Crippen LogP contribution in [0.15, 0.2) is 22.8 Å². The summed E-state index contributed by atoms with van der Waals surface area (Å²) < 4.78 is 4.90. The van der Waals surface area contributed by atoms with Crippen LogP contribution in [0.5, 0.6) is 0 Å². The van der Waals surface area contributed by atoms with Gasteiger partial charge in [-0.05, 0) is 12.1 Å². The minimum Gasteiger partial charge on any atom is -0.466 e. The van der Waals surface area contributed by atoms with E-state index in [1.165, 1.54) is 6.26 Å². The van der Waals surface area contributed by atoms with Crippen LogP contribution in [0.2, 0.25) is 0 Å². The van der Waals surface area contributed by atoms with Crippen molar-refractivity contribution < 1.29 is 15.3 Å². The maximum atomic E-state index is 9.06. The Morgan fingerprint density at radius 2 is 2.56 bits per heavy atom. The normalized spacial score (nSPS) is 13.6. The number of furan rings is 1. The van der Waals surface area contributed by atoms with Crippen molar-refractivity contribution in [3.63, 3.8) is 0 Å². The smallest absolute Gasteiger partial charge is 0.160 e. The summed E-state index contributed by atoms with van der Waals surface area (Å²) in [5.41, 5.74) is 3.53. The maximum absolute atomic E-state index is 9.06. The predicted octanol–water partition coefficient (Wildman–Crippen LogP) is -0.445. The molecule has 0 saturated heterocycles. The van der Waals surface area contributed by atoms with Crippen molar-refractivity contribution in [1.29, 1.82) is 0 Å². The van der Waals surface area contributed by atoms with Crippen LogP contribution in [0.3, 0.4) is 0 Å². The highest BCUT2D eigenvalue weighted by Gasteiger charge is 2.07. The standard InChI is InChI=1S/C6H9NO2/c7-4-5(8)6-2-1-3-9-6/h1-3,5,8H,4,7H2/p+1/t5-/m0/s1. The van der Waals surface area contributed by atoms with Crippen LogP contribution < -0.4 is 5.73 Å². The Labute approximate surface area is 53.1 Å². The number of aliphatic hydroxyl groups excluding tert-OH is 1. The van der Waals surface area contributed by atoms with E-state index < -0.39 is 6.10 Å². The average molecular weight is 128 g/mol.